The molecule has 0 radical (unpaired) electrons. The first-order valence-electron chi connectivity index (χ1n) is 11.7. The molecule has 2 aromatic rings. The molecule has 2 amide bonds. The van der Waals surface area contributed by atoms with Gasteiger partial charge >= 0.3 is 12.1 Å². The summed E-state index contributed by atoms with van der Waals surface area (Å²) in [5, 5.41) is 14.5. The number of halogens is 3. The number of nitrogens with two attached hydrogens (primary N) is 2. The Labute approximate surface area is 216 Å². The summed E-state index contributed by atoms with van der Waals surface area (Å²) in [7, 11) is 0. The first-order chi connectivity index (χ1) is 17.7. The highest BCUT2D eigenvalue weighted by atomic mass is 19.4. The van der Waals surface area contributed by atoms with Crippen molar-refractivity contribution in [3.8, 4) is 0 Å². The summed E-state index contributed by atoms with van der Waals surface area (Å²) < 4.78 is 44.1. The number of benzene rings is 1. The Morgan fingerprint density at radius 3 is 2.26 bits per heavy atom. The number of aliphatic carboxylic acids is 1. The molecule has 0 aliphatic rings. The second kappa shape index (κ2) is 12.9. The normalized spacial score (nSPS) is 13.0. The van der Waals surface area contributed by atoms with E-state index < -0.39 is 41.6 Å². The van der Waals surface area contributed by atoms with Crippen LogP contribution in [0.4, 0.5) is 13.2 Å². The van der Waals surface area contributed by atoms with Crippen molar-refractivity contribution < 1.29 is 37.1 Å². The Kier molecular flexibility index (Phi) is 10.2. The van der Waals surface area contributed by atoms with Crippen LogP contribution in [0.1, 0.15) is 77.2 Å². The fourth-order valence-electron chi connectivity index (χ4n) is 3.51. The number of carbonyl (C=O) groups excluding carboxylic acids is 2. The van der Waals surface area contributed by atoms with Crippen LogP contribution in [0.2, 0.25) is 0 Å². The van der Waals surface area contributed by atoms with Gasteiger partial charge in [-0.25, -0.2) is 9.78 Å². The number of hydrogen-bond acceptors (Lipinski definition) is 6. The highest BCUT2D eigenvalue weighted by Crippen LogP contribution is 2.29. The predicted octanol–water partition coefficient (Wildman–Crippen LogP) is 2.76. The average Bonchev–Trinajstić information content (AvgIpc) is 3.21. The van der Waals surface area contributed by atoms with Crippen LogP contribution < -0.4 is 22.1 Å². The molecule has 38 heavy (non-hydrogen) atoms. The van der Waals surface area contributed by atoms with Crippen molar-refractivity contribution in [1.29, 1.82) is 0 Å². The number of carboxylic acid groups (broad SMARTS) is 1. The number of carboxylic acids is 1. The Bertz CT molecular complexity index is 1160. The van der Waals surface area contributed by atoms with Crippen LogP contribution in [-0.4, -0.2) is 46.4 Å². The van der Waals surface area contributed by atoms with Crippen LogP contribution in [0.15, 0.2) is 33.7 Å². The van der Waals surface area contributed by atoms with E-state index in [1.807, 2.05) is 13.8 Å². The van der Waals surface area contributed by atoms with E-state index in [1.54, 1.807) is 0 Å². The van der Waals surface area contributed by atoms with Crippen molar-refractivity contribution in [2.75, 3.05) is 6.54 Å². The third-order valence-electron chi connectivity index (χ3n) is 5.36. The van der Waals surface area contributed by atoms with Crippen LogP contribution >= 0.6 is 0 Å². The molecule has 2 rings (SSSR count). The van der Waals surface area contributed by atoms with Crippen molar-refractivity contribution in [3.63, 3.8) is 0 Å². The van der Waals surface area contributed by atoms with Gasteiger partial charge in [-0.15, -0.1) is 0 Å². The van der Waals surface area contributed by atoms with Gasteiger partial charge in [-0.05, 0) is 56.4 Å². The van der Waals surface area contributed by atoms with Gasteiger partial charge in [0.15, 0.2) is 11.7 Å². The molecule has 0 aliphatic carbocycles. The SMILES string of the molecule is Cc1oc([C@H](CC(C)C)NC(=O)c2ccc(C(F)(F)F)cc2)nc1C(=O)N[C@@H](CCCN=C(N)N)C(=O)O. The van der Waals surface area contributed by atoms with Crippen LogP contribution in [0.25, 0.3) is 0 Å². The smallest absolute Gasteiger partial charge is 0.416 e. The standard InChI is InChI=1S/C24H31F3N6O5/c1-12(2)11-17(32-19(34)14-6-8-15(9-7-14)24(25,26)27)21-33-18(13(3)38-21)20(35)31-16(22(36)37)5-4-10-30-23(28)29/h6-9,12,16-17H,4-5,10-11H2,1-3H3,(H,31,35)(H,32,34)(H,36,37)(H4,28,29,30)/t16-,17-/m0/s1. The summed E-state index contributed by atoms with van der Waals surface area (Å²) in [5.74, 6) is -2.69. The van der Waals surface area contributed by atoms with Crippen LogP contribution in [0.3, 0.4) is 0 Å². The van der Waals surface area contributed by atoms with Crippen molar-refractivity contribution >= 4 is 23.7 Å². The fourth-order valence-corrected chi connectivity index (χ4v) is 3.51. The Morgan fingerprint density at radius 1 is 1.11 bits per heavy atom. The lowest BCUT2D eigenvalue weighted by Crippen LogP contribution is -2.41. The number of hydrogen-bond donors (Lipinski definition) is 5. The first kappa shape index (κ1) is 30.1. The monoisotopic (exact) mass is 540 g/mol. The van der Waals surface area contributed by atoms with Crippen molar-refractivity contribution in [2.45, 2.75) is 58.3 Å². The summed E-state index contributed by atoms with van der Waals surface area (Å²) >= 11 is 0. The van der Waals surface area contributed by atoms with Gasteiger partial charge in [-0.2, -0.15) is 13.2 Å². The molecule has 2 atom stereocenters. The van der Waals surface area contributed by atoms with Crippen LogP contribution in [0, 0.1) is 12.8 Å². The van der Waals surface area contributed by atoms with Gasteiger partial charge in [0.05, 0.1) is 5.56 Å². The minimum Gasteiger partial charge on any atom is -0.480 e. The Balaban J connectivity index is 2.18. The molecule has 208 valence electrons. The lowest BCUT2D eigenvalue weighted by Gasteiger charge is -2.18. The summed E-state index contributed by atoms with van der Waals surface area (Å²) in [6.45, 7) is 5.40. The van der Waals surface area contributed by atoms with Crippen molar-refractivity contribution in [1.82, 2.24) is 15.6 Å². The van der Waals surface area contributed by atoms with E-state index in [9.17, 15) is 32.7 Å². The number of nitrogens with one attached hydrogen (secondary N) is 2. The molecule has 0 unspecified atom stereocenters. The van der Waals surface area contributed by atoms with Crippen molar-refractivity contribution in [3.05, 3.63) is 52.7 Å². The molecule has 1 aromatic carbocycles. The number of carbonyl (C=O) groups is 3. The molecule has 0 aliphatic heterocycles. The van der Waals surface area contributed by atoms with E-state index in [-0.39, 0.29) is 47.8 Å². The predicted molar refractivity (Wildman–Crippen MR) is 131 cm³/mol. The number of rotatable bonds is 12. The van der Waals surface area contributed by atoms with E-state index in [2.05, 4.69) is 20.6 Å². The Hall–Kier alpha value is -4.10. The van der Waals surface area contributed by atoms with Crippen LogP contribution in [0.5, 0.6) is 0 Å². The molecule has 7 N–H and O–H groups in total. The zero-order valence-corrected chi connectivity index (χ0v) is 21.1. The molecule has 1 aromatic heterocycles. The first-order valence-corrected chi connectivity index (χ1v) is 11.7. The summed E-state index contributed by atoms with van der Waals surface area (Å²) in [6, 6.07) is 1.69. The molecule has 0 fully saturated rings. The van der Waals surface area contributed by atoms with E-state index in [0.29, 0.717) is 12.8 Å². The molecular weight excluding hydrogens is 509 g/mol. The van der Waals surface area contributed by atoms with E-state index >= 15 is 0 Å². The largest absolute Gasteiger partial charge is 0.480 e. The number of aryl methyl sites for hydroxylation is 1. The van der Waals surface area contributed by atoms with E-state index in [0.717, 1.165) is 24.3 Å². The van der Waals surface area contributed by atoms with E-state index in [4.69, 9.17) is 15.9 Å². The number of amides is 2. The number of aliphatic imine (C=N–C) groups is 1. The number of guanidine groups is 1. The number of aromatic nitrogens is 1. The minimum atomic E-state index is -4.53. The van der Waals surface area contributed by atoms with Crippen LogP contribution in [-0.2, 0) is 11.0 Å². The zero-order chi connectivity index (χ0) is 28.6. The van der Waals surface area contributed by atoms with Gasteiger partial charge in [0.25, 0.3) is 11.8 Å². The lowest BCUT2D eigenvalue weighted by atomic mass is 10.0. The maximum Gasteiger partial charge on any atom is 0.416 e. The quantitative estimate of drug-likeness (QED) is 0.154. The van der Waals surface area contributed by atoms with Gasteiger partial charge in [-0.3, -0.25) is 14.6 Å². The van der Waals surface area contributed by atoms with Crippen molar-refractivity contribution in [2.24, 2.45) is 22.4 Å². The summed E-state index contributed by atoms with van der Waals surface area (Å²) in [6.07, 6.45) is -3.84. The molecular formula is C24H31F3N6O5. The van der Waals surface area contributed by atoms with Gasteiger partial charge in [0, 0.05) is 12.1 Å². The molecule has 0 bridgehead atoms. The molecule has 0 saturated heterocycles. The maximum absolute atomic E-state index is 12.8. The summed E-state index contributed by atoms with van der Waals surface area (Å²) in [5.41, 5.74) is 9.43. The maximum atomic E-state index is 12.8. The van der Waals surface area contributed by atoms with Gasteiger partial charge in [-0.1, -0.05) is 13.8 Å². The van der Waals surface area contributed by atoms with Gasteiger partial charge in [0.2, 0.25) is 5.89 Å². The highest BCUT2D eigenvalue weighted by molar-refractivity contribution is 5.96. The zero-order valence-electron chi connectivity index (χ0n) is 21.1. The van der Waals surface area contributed by atoms with Gasteiger partial charge < -0.3 is 31.6 Å². The third-order valence-corrected chi connectivity index (χ3v) is 5.36. The van der Waals surface area contributed by atoms with Gasteiger partial charge in [0.1, 0.15) is 17.8 Å². The molecule has 0 saturated carbocycles. The molecule has 1 heterocycles. The number of oxazole rings is 1. The Morgan fingerprint density at radius 2 is 1.74 bits per heavy atom. The summed E-state index contributed by atoms with van der Waals surface area (Å²) in [4.78, 5) is 45.1. The lowest BCUT2D eigenvalue weighted by molar-refractivity contribution is -0.139. The topological polar surface area (TPSA) is 186 Å². The average molecular weight is 541 g/mol. The molecule has 0 spiro atoms. The second-order valence-corrected chi connectivity index (χ2v) is 9.00. The highest BCUT2D eigenvalue weighted by Gasteiger charge is 2.31. The fraction of sp³-hybridized carbons (Fsp3) is 0.458. The second-order valence-electron chi connectivity index (χ2n) is 9.00. The third kappa shape index (κ3) is 8.78. The van der Waals surface area contributed by atoms with E-state index in [1.165, 1.54) is 6.92 Å². The number of nitrogens with zero attached hydrogens (tertiary/aromatic N) is 2. The molecule has 11 nitrogen and oxygen atoms in total. The minimum absolute atomic E-state index is 0.00115. The number of alkyl halides is 3. The molecule has 14 heteroatoms.